The highest BCUT2D eigenvalue weighted by molar-refractivity contribution is 7.98. The maximum Gasteiger partial charge on any atom is 0.326 e. The molecular formula is C37H51N5O8S. The van der Waals surface area contributed by atoms with Gasteiger partial charge in [-0.2, -0.15) is 11.8 Å². The minimum Gasteiger partial charge on any atom is -0.480 e. The van der Waals surface area contributed by atoms with E-state index in [-0.39, 0.29) is 36.8 Å². The molecule has 3 aromatic carbocycles. The first-order valence-electron chi connectivity index (χ1n) is 17.2. The lowest BCUT2D eigenvalue weighted by atomic mass is 10.0. The number of aryl methyl sites for hydroxylation is 1. The molecule has 0 saturated heterocycles. The van der Waals surface area contributed by atoms with E-state index < -0.39 is 27.8 Å². The number of unbranched alkanes of at least 4 members (excludes halogenated alkanes) is 2. The Morgan fingerprint density at radius 2 is 1.63 bits per heavy atom. The van der Waals surface area contributed by atoms with Gasteiger partial charge in [-0.15, -0.1) is 0 Å². The summed E-state index contributed by atoms with van der Waals surface area (Å²) in [5.41, 5.74) is 0.795. The Bertz CT molecular complexity index is 1600. The van der Waals surface area contributed by atoms with Crippen LogP contribution in [0.1, 0.15) is 70.4 Å². The third-order valence-electron chi connectivity index (χ3n) is 8.28. The number of nitrogens with one attached hydrogen (secondary N) is 2. The zero-order valence-electron chi connectivity index (χ0n) is 30.0. The minimum atomic E-state index is -1.08. The van der Waals surface area contributed by atoms with Crippen LogP contribution in [0.15, 0.2) is 60.7 Å². The van der Waals surface area contributed by atoms with Crippen LogP contribution >= 0.6 is 11.8 Å². The van der Waals surface area contributed by atoms with Crippen molar-refractivity contribution in [1.29, 1.82) is 0 Å². The van der Waals surface area contributed by atoms with Crippen LogP contribution in [0, 0.1) is 26.1 Å². The molecule has 0 fully saturated rings. The average molecular weight is 726 g/mol. The molecule has 0 unspecified atom stereocenters. The zero-order valence-corrected chi connectivity index (χ0v) is 30.8. The van der Waals surface area contributed by atoms with Gasteiger partial charge in [0.25, 0.3) is 11.4 Å². The number of carboxylic acid groups (broad SMARTS) is 1. The summed E-state index contributed by atoms with van der Waals surface area (Å²) in [4.78, 5) is 60.0. The summed E-state index contributed by atoms with van der Waals surface area (Å²) in [5, 5.41) is 39.4. The van der Waals surface area contributed by atoms with E-state index in [0.29, 0.717) is 56.5 Å². The molecule has 3 rings (SSSR count). The second kappa shape index (κ2) is 23.0. The van der Waals surface area contributed by atoms with Crippen LogP contribution in [0.4, 0.5) is 11.4 Å². The average Bonchev–Trinajstić information content (AvgIpc) is 3.10. The van der Waals surface area contributed by atoms with Crippen LogP contribution in [0.2, 0.25) is 0 Å². The second-order valence-electron chi connectivity index (χ2n) is 12.6. The van der Waals surface area contributed by atoms with Crippen molar-refractivity contribution in [2.24, 2.45) is 5.92 Å². The van der Waals surface area contributed by atoms with E-state index in [1.54, 1.807) is 0 Å². The Kier molecular flexibility index (Phi) is 19.2. The number of rotatable bonds is 21. The van der Waals surface area contributed by atoms with E-state index >= 15 is 0 Å². The first-order valence-corrected chi connectivity index (χ1v) is 18.6. The van der Waals surface area contributed by atoms with Crippen molar-refractivity contribution in [3.8, 4) is 0 Å². The predicted octanol–water partition coefficient (Wildman–Crippen LogP) is 6.75. The van der Waals surface area contributed by atoms with Gasteiger partial charge in [0.2, 0.25) is 11.8 Å². The molecule has 14 heteroatoms. The first-order chi connectivity index (χ1) is 24.4. The van der Waals surface area contributed by atoms with Crippen molar-refractivity contribution in [2.75, 3.05) is 31.6 Å². The summed E-state index contributed by atoms with van der Waals surface area (Å²) in [6, 6.07) is 16.5. The number of carbonyl (C=O) groups excluding carboxylic acids is 2. The Labute approximate surface area is 303 Å². The molecule has 0 aliphatic heterocycles. The van der Waals surface area contributed by atoms with Gasteiger partial charge in [-0.3, -0.25) is 34.7 Å². The summed E-state index contributed by atoms with van der Waals surface area (Å²) < 4.78 is 0. The first kappa shape index (κ1) is 42.6. The highest BCUT2D eigenvalue weighted by Crippen LogP contribution is 2.26. The predicted molar refractivity (Wildman–Crippen MR) is 202 cm³/mol. The molecule has 278 valence electrons. The summed E-state index contributed by atoms with van der Waals surface area (Å²) in [5.74, 6) is -0.177. The fourth-order valence-electron chi connectivity index (χ4n) is 5.09. The SMILES string of the molecule is CCC(C)C.CSCC[C@H](NC(=O)CN(CCNC(=O)CCCCCc1ccc([N+](=O)[O-])cc1[N+](=O)[O-])Cc1cccc2ccccc12)C(=O)O. The van der Waals surface area contributed by atoms with Gasteiger partial charge in [0, 0.05) is 37.7 Å². The van der Waals surface area contributed by atoms with E-state index in [1.807, 2.05) is 53.6 Å². The number of nitro groups is 2. The van der Waals surface area contributed by atoms with E-state index in [2.05, 4.69) is 31.4 Å². The summed E-state index contributed by atoms with van der Waals surface area (Å²) >= 11 is 1.50. The van der Waals surface area contributed by atoms with Gasteiger partial charge in [0.1, 0.15) is 6.04 Å². The van der Waals surface area contributed by atoms with E-state index in [1.165, 1.54) is 30.3 Å². The molecule has 1 atom stereocenters. The molecule has 0 aliphatic rings. The highest BCUT2D eigenvalue weighted by Gasteiger charge is 2.22. The number of thioether (sulfide) groups is 1. The third-order valence-corrected chi connectivity index (χ3v) is 8.92. The van der Waals surface area contributed by atoms with Crippen LogP contribution in [0.5, 0.6) is 0 Å². The second-order valence-corrected chi connectivity index (χ2v) is 13.6. The molecule has 0 aromatic heterocycles. The lowest BCUT2D eigenvalue weighted by molar-refractivity contribution is -0.394. The minimum absolute atomic E-state index is 0.0447. The summed E-state index contributed by atoms with van der Waals surface area (Å²) in [7, 11) is 0. The number of hydrogen-bond acceptors (Lipinski definition) is 9. The van der Waals surface area contributed by atoms with Crippen molar-refractivity contribution in [1.82, 2.24) is 15.5 Å². The van der Waals surface area contributed by atoms with E-state index in [9.17, 15) is 39.7 Å². The van der Waals surface area contributed by atoms with Gasteiger partial charge in [-0.05, 0) is 66.0 Å². The molecule has 0 saturated carbocycles. The van der Waals surface area contributed by atoms with Crippen LogP contribution in [0.25, 0.3) is 10.8 Å². The van der Waals surface area contributed by atoms with Crippen LogP contribution in [-0.4, -0.2) is 75.3 Å². The number of hydrogen-bond donors (Lipinski definition) is 3. The molecule has 3 aromatic rings. The number of amides is 2. The van der Waals surface area contributed by atoms with E-state index in [0.717, 1.165) is 28.3 Å². The number of aliphatic carboxylic acids is 1. The Morgan fingerprint density at radius 3 is 2.27 bits per heavy atom. The molecule has 0 heterocycles. The smallest absolute Gasteiger partial charge is 0.326 e. The largest absolute Gasteiger partial charge is 0.480 e. The highest BCUT2D eigenvalue weighted by atomic mass is 32.2. The molecule has 0 aliphatic carbocycles. The van der Waals surface area contributed by atoms with Gasteiger partial charge in [-0.25, -0.2) is 4.79 Å². The van der Waals surface area contributed by atoms with Crippen molar-refractivity contribution in [2.45, 2.75) is 78.3 Å². The Balaban J connectivity index is 0.00000168. The number of carboxylic acids is 1. The van der Waals surface area contributed by atoms with Gasteiger partial charge in [0.05, 0.1) is 22.5 Å². The molecular weight excluding hydrogens is 675 g/mol. The maximum atomic E-state index is 12.9. The Morgan fingerprint density at radius 1 is 0.922 bits per heavy atom. The van der Waals surface area contributed by atoms with Crippen molar-refractivity contribution in [3.63, 3.8) is 0 Å². The maximum absolute atomic E-state index is 12.9. The van der Waals surface area contributed by atoms with Gasteiger partial charge >= 0.3 is 5.97 Å². The number of fused-ring (bicyclic) bond motifs is 1. The fraction of sp³-hybridized carbons (Fsp3) is 0.486. The number of carbonyl (C=O) groups is 3. The zero-order chi connectivity index (χ0) is 37.8. The molecule has 0 radical (unpaired) electrons. The number of benzene rings is 3. The number of nitrogens with zero attached hydrogens (tertiary/aromatic N) is 3. The number of non-ortho nitro benzene ring substituents is 1. The lowest BCUT2D eigenvalue weighted by Gasteiger charge is -2.24. The van der Waals surface area contributed by atoms with Crippen molar-refractivity contribution in [3.05, 3.63) is 92.0 Å². The van der Waals surface area contributed by atoms with Crippen LogP contribution < -0.4 is 10.6 Å². The molecule has 0 spiro atoms. The molecule has 13 nitrogen and oxygen atoms in total. The monoisotopic (exact) mass is 725 g/mol. The third kappa shape index (κ3) is 15.9. The standard InChI is InChI=1S/C32H39N5O8S.C5H12/c1-46-19-16-28(32(40)41)34-31(39)22-35(21-25-11-7-10-23-8-5-6-12-27(23)25)18-17-33-30(38)13-4-2-3-9-24-14-15-26(36(42)43)20-29(24)37(44)45;1-4-5(2)3/h5-8,10-12,14-15,20,28H,2-4,9,13,16-19,21-22H2,1H3,(H,33,38)(H,34,39)(H,40,41);5H,4H2,1-3H3/t28-;/m0./s1. The fourth-order valence-corrected chi connectivity index (χ4v) is 5.56. The molecule has 3 N–H and O–H groups in total. The van der Waals surface area contributed by atoms with Crippen molar-refractivity contribution < 1.29 is 29.3 Å². The lowest BCUT2D eigenvalue weighted by Crippen LogP contribution is -2.47. The van der Waals surface area contributed by atoms with Gasteiger partial charge in [-0.1, -0.05) is 76.1 Å². The summed E-state index contributed by atoms with van der Waals surface area (Å²) in [6.07, 6.45) is 5.87. The van der Waals surface area contributed by atoms with Crippen LogP contribution in [-0.2, 0) is 27.3 Å². The molecule has 51 heavy (non-hydrogen) atoms. The van der Waals surface area contributed by atoms with Gasteiger partial charge in [0.15, 0.2) is 0 Å². The molecule has 2 amide bonds. The van der Waals surface area contributed by atoms with Gasteiger partial charge < -0.3 is 15.7 Å². The topological polar surface area (TPSA) is 185 Å². The van der Waals surface area contributed by atoms with Crippen LogP contribution in [0.3, 0.4) is 0 Å². The Hall–Kier alpha value is -4.56. The normalized spacial score (nSPS) is 11.5. The number of nitro benzene ring substituents is 2. The summed E-state index contributed by atoms with van der Waals surface area (Å²) in [6.45, 7) is 7.65. The van der Waals surface area contributed by atoms with Crippen molar-refractivity contribution >= 4 is 51.7 Å². The van der Waals surface area contributed by atoms with E-state index in [4.69, 9.17) is 0 Å². The molecule has 0 bridgehead atoms. The quantitative estimate of drug-likeness (QED) is 0.0603.